The number of aromatic carboxylic acids is 1. The summed E-state index contributed by atoms with van der Waals surface area (Å²) in [5.74, 6) is -0.616. The van der Waals surface area contributed by atoms with E-state index < -0.39 is 5.97 Å². The largest absolute Gasteiger partial charge is 0.492 e. The Morgan fingerprint density at radius 1 is 1.03 bits per heavy atom. The summed E-state index contributed by atoms with van der Waals surface area (Å²) in [6.07, 6.45) is 0. The molecule has 1 aromatic heterocycles. The number of ether oxygens (including phenoxy) is 1. The fourth-order valence-electron chi connectivity index (χ4n) is 2.86. The van der Waals surface area contributed by atoms with Crippen LogP contribution in [-0.4, -0.2) is 48.4 Å². The first-order chi connectivity index (χ1) is 14.1. The van der Waals surface area contributed by atoms with Crippen molar-refractivity contribution in [2.75, 3.05) is 26.3 Å². The Kier molecular flexibility index (Phi) is 6.83. The summed E-state index contributed by atoms with van der Waals surface area (Å²) < 4.78 is 11.2. The highest BCUT2D eigenvalue weighted by atomic mass is 16.5. The number of benzene rings is 2. The molecule has 1 heterocycles. The molecule has 0 radical (unpaired) electrons. The lowest BCUT2D eigenvalue weighted by Gasteiger charge is -2.08. The Labute approximate surface area is 167 Å². The van der Waals surface area contributed by atoms with Crippen LogP contribution in [0.4, 0.5) is 0 Å². The van der Waals surface area contributed by atoms with Crippen LogP contribution < -0.4 is 15.4 Å². The highest BCUT2D eigenvalue weighted by Gasteiger charge is 2.19. The number of aliphatic hydroxyl groups is 1. The molecule has 1 amide bonds. The van der Waals surface area contributed by atoms with E-state index in [4.69, 9.17) is 19.4 Å². The molecule has 0 aliphatic carbocycles. The van der Waals surface area contributed by atoms with Crippen molar-refractivity contribution < 1.29 is 29.0 Å². The Bertz CT molecular complexity index is 981. The van der Waals surface area contributed by atoms with E-state index in [9.17, 15) is 9.59 Å². The minimum absolute atomic E-state index is 0.00208. The summed E-state index contributed by atoms with van der Waals surface area (Å²) in [5.41, 5.74) is 1.53. The van der Waals surface area contributed by atoms with Gasteiger partial charge in [0.05, 0.1) is 18.7 Å². The third-order valence-corrected chi connectivity index (χ3v) is 4.25. The zero-order chi connectivity index (χ0) is 20.6. The number of carbonyl (C=O) groups excluding carboxylic acids is 1. The molecule has 8 heteroatoms. The fourth-order valence-corrected chi connectivity index (χ4v) is 2.86. The number of para-hydroxylation sites is 1. The number of fused-ring (bicyclic) bond motifs is 1. The summed E-state index contributed by atoms with van der Waals surface area (Å²) in [4.78, 5) is 23.4. The lowest BCUT2D eigenvalue weighted by Crippen LogP contribution is -2.29. The Balaban J connectivity index is 1.59. The molecule has 0 spiro atoms. The molecular formula is C21H22N2O6. The third kappa shape index (κ3) is 5.13. The molecule has 0 saturated carbocycles. The van der Waals surface area contributed by atoms with Gasteiger partial charge in [-0.25, -0.2) is 4.79 Å². The second-order valence-corrected chi connectivity index (χ2v) is 6.24. The van der Waals surface area contributed by atoms with Gasteiger partial charge in [0.1, 0.15) is 17.9 Å². The van der Waals surface area contributed by atoms with Gasteiger partial charge < -0.3 is 30.0 Å². The maximum Gasteiger partial charge on any atom is 0.335 e. The highest BCUT2D eigenvalue weighted by Crippen LogP contribution is 2.25. The van der Waals surface area contributed by atoms with Crippen LogP contribution >= 0.6 is 0 Å². The monoisotopic (exact) mass is 398 g/mol. The van der Waals surface area contributed by atoms with Crippen LogP contribution in [0.1, 0.15) is 26.5 Å². The van der Waals surface area contributed by atoms with Crippen LogP contribution in [0.25, 0.3) is 11.0 Å². The molecule has 2 aromatic carbocycles. The topological polar surface area (TPSA) is 121 Å². The molecule has 152 valence electrons. The lowest BCUT2D eigenvalue weighted by atomic mass is 10.1. The van der Waals surface area contributed by atoms with Gasteiger partial charge in [0.25, 0.3) is 5.91 Å². The van der Waals surface area contributed by atoms with Crippen molar-refractivity contribution in [1.29, 1.82) is 0 Å². The van der Waals surface area contributed by atoms with Crippen molar-refractivity contribution in [3.63, 3.8) is 0 Å². The first-order valence-corrected chi connectivity index (χ1v) is 9.16. The molecule has 4 N–H and O–H groups in total. The van der Waals surface area contributed by atoms with Crippen LogP contribution in [0.3, 0.4) is 0 Å². The Morgan fingerprint density at radius 3 is 2.52 bits per heavy atom. The Morgan fingerprint density at radius 2 is 1.79 bits per heavy atom. The van der Waals surface area contributed by atoms with Crippen LogP contribution in [-0.2, 0) is 6.54 Å². The molecule has 3 rings (SSSR count). The van der Waals surface area contributed by atoms with Gasteiger partial charge in [0, 0.05) is 24.0 Å². The predicted molar refractivity (Wildman–Crippen MR) is 106 cm³/mol. The summed E-state index contributed by atoms with van der Waals surface area (Å²) in [6, 6.07) is 13.4. The number of aliphatic hydroxyl groups excluding tert-OH is 1. The van der Waals surface area contributed by atoms with Gasteiger partial charge in [-0.15, -0.1) is 0 Å². The van der Waals surface area contributed by atoms with Gasteiger partial charge in [-0.05, 0) is 30.3 Å². The van der Waals surface area contributed by atoms with Gasteiger partial charge in [0.2, 0.25) is 0 Å². The quantitative estimate of drug-likeness (QED) is 0.386. The van der Waals surface area contributed by atoms with E-state index in [1.165, 1.54) is 12.1 Å². The number of nitrogens with one attached hydrogen (secondary N) is 2. The van der Waals surface area contributed by atoms with Crippen molar-refractivity contribution >= 4 is 22.8 Å². The number of rotatable bonds is 10. The van der Waals surface area contributed by atoms with Gasteiger partial charge >= 0.3 is 5.97 Å². The highest BCUT2D eigenvalue weighted by molar-refractivity contribution is 5.99. The molecular weight excluding hydrogens is 376 g/mol. The number of hydrogen-bond donors (Lipinski definition) is 4. The first-order valence-electron chi connectivity index (χ1n) is 9.16. The number of amides is 1. The number of hydrogen-bond acceptors (Lipinski definition) is 6. The molecule has 3 aromatic rings. The maximum atomic E-state index is 12.6. The Hall–Kier alpha value is -3.36. The fraction of sp³-hybridized carbons (Fsp3) is 0.238. The van der Waals surface area contributed by atoms with Crippen LogP contribution in [0, 0.1) is 0 Å². The SMILES string of the molecule is O=C(O)c1ccc(OCCNC(=O)c2oc3ccccc3c2CNCCO)cc1. The van der Waals surface area contributed by atoms with Crippen LogP contribution in [0.5, 0.6) is 5.75 Å². The average molecular weight is 398 g/mol. The molecule has 0 fully saturated rings. The van der Waals surface area contributed by atoms with Crippen molar-refractivity contribution in [3.8, 4) is 5.75 Å². The van der Waals surface area contributed by atoms with Gasteiger partial charge in [-0.2, -0.15) is 0 Å². The van der Waals surface area contributed by atoms with Crippen molar-refractivity contribution in [2.45, 2.75) is 6.54 Å². The predicted octanol–water partition coefficient (Wildman–Crippen LogP) is 2.02. The standard InChI is InChI=1S/C21H22N2O6/c24-11-9-22-13-17-16-3-1-2-4-18(16)29-19(17)20(25)23-10-12-28-15-7-5-14(6-8-15)21(26)27/h1-8,22,24H,9-13H2,(H,23,25)(H,26,27). The zero-order valence-electron chi connectivity index (χ0n) is 15.7. The first kappa shape index (κ1) is 20.4. The molecule has 8 nitrogen and oxygen atoms in total. The summed E-state index contributed by atoms with van der Waals surface area (Å²) in [6.45, 7) is 1.28. The van der Waals surface area contributed by atoms with E-state index in [-0.39, 0.29) is 37.0 Å². The number of carbonyl (C=O) groups is 2. The van der Waals surface area contributed by atoms with Crippen molar-refractivity contribution in [1.82, 2.24) is 10.6 Å². The minimum atomic E-state index is -1.00. The minimum Gasteiger partial charge on any atom is -0.492 e. The van der Waals surface area contributed by atoms with Crippen molar-refractivity contribution in [2.24, 2.45) is 0 Å². The zero-order valence-corrected chi connectivity index (χ0v) is 15.7. The average Bonchev–Trinajstić information content (AvgIpc) is 3.10. The maximum absolute atomic E-state index is 12.6. The molecule has 0 aliphatic rings. The smallest absolute Gasteiger partial charge is 0.335 e. The van der Waals surface area contributed by atoms with Crippen LogP contribution in [0.2, 0.25) is 0 Å². The molecule has 29 heavy (non-hydrogen) atoms. The molecule has 0 bridgehead atoms. The van der Waals surface area contributed by atoms with Crippen molar-refractivity contribution in [3.05, 3.63) is 65.4 Å². The summed E-state index contributed by atoms with van der Waals surface area (Å²) in [7, 11) is 0. The van der Waals surface area contributed by atoms with E-state index in [0.29, 0.717) is 24.4 Å². The molecule has 0 saturated heterocycles. The van der Waals surface area contributed by atoms with Gasteiger partial charge in [0.15, 0.2) is 5.76 Å². The summed E-state index contributed by atoms with van der Waals surface area (Å²) >= 11 is 0. The van der Waals surface area contributed by atoms with E-state index in [0.717, 1.165) is 10.9 Å². The normalized spacial score (nSPS) is 10.8. The number of furan rings is 1. The van der Waals surface area contributed by atoms with E-state index >= 15 is 0 Å². The van der Waals surface area contributed by atoms with Gasteiger partial charge in [-0.1, -0.05) is 18.2 Å². The molecule has 0 unspecified atom stereocenters. The number of carboxylic acid groups (broad SMARTS) is 1. The van der Waals surface area contributed by atoms with E-state index in [2.05, 4.69) is 10.6 Å². The van der Waals surface area contributed by atoms with E-state index in [1.54, 1.807) is 18.2 Å². The lowest BCUT2D eigenvalue weighted by molar-refractivity contribution is 0.0696. The van der Waals surface area contributed by atoms with Crippen LogP contribution in [0.15, 0.2) is 52.9 Å². The van der Waals surface area contributed by atoms with E-state index in [1.807, 2.05) is 18.2 Å². The number of carboxylic acids is 1. The van der Waals surface area contributed by atoms with Gasteiger partial charge in [-0.3, -0.25) is 4.79 Å². The second-order valence-electron chi connectivity index (χ2n) is 6.24. The third-order valence-electron chi connectivity index (χ3n) is 4.25. The second kappa shape index (κ2) is 9.72. The molecule has 0 aliphatic heterocycles. The summed E-state index contributed by atoms with van der Waals surface area (Å²) in [5, 5.41) is 24.5. The molecule has 0 atom stereocenters.